The van der Waals surface area contributed by atoms with E-state index in [9.17, 15) is 19.5 Å². The van der Waals surface area contributed by atoms with Crippen LogP contribution in [0.5, 0.6) is 0 Å². The Morgan fingerprint density at radius 3 is 2.19 bits per heavy atom. The molecule has 1 saturated heterocycles. The van der Waals surface area contributed by atoms with Gasteiger partial charge < -0.3 is 15.3 Å². The second-order valence-corrected chi connectivity index (χ2v) is 13.4. The van der Waals surface area contributed by atoms with Crippen molar-refractivity contribution in [2.24, 2.45) is 11.3 Å². The first-order chi connectivity index (χ1) is 16.5. The summed E-state index contributed by atoms with van der Waals surface area (Å²) < 4.78 is -0.376. The van der Waals surface area contributed by atoms with Gasteiger partial charge in [0.2, 0.25) is 11.8 Å². The summed E-state index contributed by atoms with van der Waals surface area (Å²) >= 11 is 1.74. The maximum absolute atomic E-state index is 13.8. The van der Waals surface area contributed by atoms with Crippen molar-refractivity contribution in [2.75, 3.05) is 14.1 Å². The number of aliphatic carboxylic acids is 1. The molecule has 0 saturated carbocycles. The van der Waals surface area contributed by atoms with Gasteiger partial charge in [-0.15, -0.1) is 11.8 Å². The van der Waals surface area contributed by atoms with Crippen LogP contribution in [0.1, 0.15) is 66.3 Å². The minimum atomic E-state index is -1.01. The molecule has 0 radical (unpaired) electrons. The smallest absolute Gasteiger partial charge is 0.331 e. The molecular formula is C28H43N3O4S. The topological polar surface area (TPSA) is 90.0 Å². The van der Waals surface area contributed by atoms with Crippen LogP contribution >= 0.6 is 11.8 Å². The number of amides is 2. The standard InChI is InChI=1S/C28H43N3O4S/c1-17(2)20(16-18(3)26(34)35)30(9)24(33)21(27(4,5)6)29-23(32)22-28(7,8)36-25(31(22)10)19-14-12-11-13-15-19/h11-17,20-22,25H,1-10H3,(H,29,32)(H,34,35)/b18-16+/t20-,21?,22-,25?/m1/s1. The predicted octanol–water partition coefficient (Wildman–Crippen LogP) is 4.56. The average molecular weight is 518 g/mol. The molecule has 2 N–H and O–H groups in total. The Morgan fingerprint density at radius 1 is 1.17 bits per heavy atom. The number of rotatable bonds is 8. The third-order valence-corrected chi connectivity index (χ3v) is 8.48. The summed E-state index contributed by atoms with van der Waals surface area (Å²) in [5.41, 5.74) is 0.765. The molecule has 0 bridgehead atoms. The molecule has 36 heavy (non-hydrogen) atoms. The van der Waals surface area contributed by atoms with Gasteiger partial charge in [0.1, 0.15) is 12.1 Å². The Bertz CT molecular complexity index is 984. The zero-order chi connectivity index (χ0) is 27.6. The van der Waals surface area contributed by atoms with Crippen molar-refractivity contribution in [3.63, 3.8) is 0 Å². The highest BCUT2D eigenvalue weighted by Gasteiger charge is 2.51. The van der Waals surface area contributed by atoms with Gasteiger partial charge in [-0.3, -0.25) is 14.5 Å². The number of thioether (sulfide) groups is 1. The van der Waals surface area contributed by atoms with Crippen molar-refractivity contribution in [3.8, 4) is 0 Å². The molecule has 1 heterocycles. The fourth-order valence-electron chi connectivity index (χ4n) is 4.78. The number of carbonyl (C=O) groups excluding carboxylic acids is 2. The molecular weight excluding hydrogens is 474 g/mol. The molecule has 1 aromatic rings. The molecule has 0 aliphatic carbocycles. The van der Waals surface area contributed by atoms with E-state index in [1.165, 1.54) is 6.92 Å². The van der Waals surface area contributed by atoms with Crippen molar-refractivity contribution >= 4 is 29.5 Å². The maximum Gasteiger partial charge on any atom is 0.331 e. The monoisotopic (exact) mass is 517 g/mol. The SMILES string of the molecule is C/C(=C\[C@H](C(C)C)N(C)C(=O)C(NC(=O)[C@H]1N(C)C(c2ccccc2)SC1(C)C)C(C)(C)C)C(=O)O. The summed E-state index contributed by atoms with van der Waals surface area (Å²) in [6.07, 6.45) is 1.61. The van der Waals surface area contributed by atoms with Crippen LogP contribution in [0.25, 0.3) is 0 Å². The zero-order valence-corrected chi connectivity index (χ0v) is 24.1. The number of carboxylic acid groups (broad SMARTS) is 1. The van der Waals surface area contributed by atoms with Crippen molar-refractivity contribution < 1.29 is 19.5 Å². The van der Waals surface area contributed by atoms with Crippen LogP contribution in [-0.2, 0) is 14.4 Å². The van der Waals surface area contributed by atoms with E-state index < -0.39 is 29.5 Å². The Labute approximate surface area is 220 Å². The molecule has 1 aliphatic heterocycles. The van der Waals surface area contributed by atoms with E-state index in [4.69, 9.17) is 0 Å². The summed E-state index contributed by atoms with van der Waals surface area (Å²) in [5, 5.41) is 12.5. The molecule has 0 spiro atoms. The fraction of sp³-hybridized carbons (Fsp3) is 0.607. The summed E-state index contributed by atoms with van der Waals surface area (Å²) in [5.74, 6) is -1.45. The third-order valence-electron chi connectivity index (χ3n) is 6.82. The molecule has 7 nitrogen and oxygen atoms in total. The third kappa shape index (κ3) is 6.71. The minimum Gasteiger partial charge on any atom is -0.478 e. The number of benzene rings is 1. The normalized spacial score (nSPS) is 22.2. The van der Waals surface area contributed by atoms with Gasteiger partial charge in [-0.2, -0.15) is 0 Å². The Hall–Kier alpha value is -2.32. The highest BCUT2D eigenvalue weighted by atomic mass is 32.2. The van der Waals surface area contributed by atoms with Gasteiger partial charge in [0.15, 0.2) is 0 Å². The van der Waals surface area contributed by atoms with E-state index in [1.54, 1.807) is 29.8 Å². The van der Waals surface area contributed by atoms with Crippen LogP contribution in [0.4, 0.5) is 0 Å². The molecule has 8 heteroatoms. The first-order valence-corrected chi connectivity index (χ1v) is 13.3. The van der Waals surface area contributed by atoms with Gasteiger partial charge in [0.05, 0.1) is 11.4 Å². The van der Waals surface area contributed by atoms with E-state index in [1.807, 2.05) is 59.9 Å². The lowest BCUT2D eigenvalue weighted by Crippen LogP contribution is -2.60. The molecule has 1 aliphatic rings. The molecule has 2 rings (SSSR count). The molecule has 2 unspecified atom stereocenters. The quantitative estimate of drug-likeness (QED) is 0.492. The zero-order valence-electron chi connectivity index (χ0n) is 23.3. The van der Waals surface area contributed by atoms with Crippen LogP contribution in [0.2, 0.25) is 0 Å². The second kappa shape index (κ2) is 11.4. The van der Waals surface area contributed by atoms with Crippen molar-refractivity contribution in [1.82, 2.24) is 15.1 Å². The molecule has 0 aromatic heterocycles. The number of hydrogen-bond donors (Lipinski definition) is 2. The number of likely N-dealkylation sites (N-methyl/N-ethyl adjacent to an activating group) is 2. The molecule has 2 amide bonds. The van der Waals surface area contributed by atoms with Crippen LogP contribution in [0.3, 0.4) is 0 Å². The maximum atomic E-state index is 13.8. The van der Waals surface area contributed by atoms with Crippen molar-refractivity contribution in [1.29, 1.82) is 0 Å². The van der Waals surface area contributed by atoms with Crippen LogP contribution in [0.15, 0.2) is 42.0 Å². The predicted molar refractivity (Wildman–Crippen MR) is 147 cm³/mol. The molecule has 200 valence electrons. The van der Waals surface area contributed by atoms with E-state index in [-0.39, 0.29) is 33.4 Å². The van der Waals surface area contributed by atoms with Gasteiger partial charge in [0.25, 0.3) is 0 Å². The second-order valence-electron chi connectivity index (χ2n) is 11.7. The van der Waals surface area contributed by atoms with Gasteiger partial charge in [0, 0.05) is 17.4 Å². The molecule has 1 aromatic carbocycles. The van der Waals surface area contributed by atoms with Crippen LogP contribution in [-0.4, -0.2) is 69.7 Å². The first-order valence-electron chi connectivity index (χ1n) is 12.4. The highest BCUT2D eigenvalue weighted by Crippen LogP contribution is 2.51. The number of carboxylic acids is 1. The number of hydrogen-bond acceptors (Lipinski definition) is 5. The lowest BCUT2D eigenvalue weighted by Gasteiger charge is -2.39. The van der Waals surface area contributed by atoms with Gasteiger partial charge >= 0.3 is 5.97 Å². The van der Waals surface area contributed by atoms with E-state index in [0.717, 1.165) is 5.56 Å². The summed E-state index contributed by atoms with van der Waals surface area (Å²) in [4.78, 5) is 42.6. The van der Waals surface area contributed by atoms with Crippen LogP contribution in [0, 0.1) is 11.3 Å². The van der Waals surface area contributed by atoms with Crippen LogP contribution < -0.4 is 5.32 Å². The minimum absolute atomic E-state index is 0.00695. The van der Waals surface area contributed by atoms with Gasteiger partial charge in [-0.05, 0) is 44.7 Å². The Kier molecular flexibility index (Phi) is 9.46. The number of nitrogens with zero attached hydrogens (tertiary/aromatic N) is 2. The number of nitrogens with one attached hydrogen (secondary N) is 1. The first kappa shape index (κ1) is 29.9. The summed E-state index contributed by atoms with van der Waals surface area (Å²) in [6.45, 7) is 15.3. The van der Waals surface area contributed by atoms with E-state index >= 15 is 0 Å². The van der Waals surface area contributed by atoms with Gasteiger partial charge in [-0.1, -0.05) is 71.0 Å². The number of carbonyl (C=O) groups is 3. The lowest BCUT2D eigenvalue weighted by molar-refractivity contribution is -0.141. The summed E-state index contributed by atoms with van der Waals surface area (Å²) in [7, 11) is 3.63. The lowest BCUT2D eigenvalue weighted by atomic mass is 9.84. The molecule has 1 fully saturated rings. The van der Waals surface area contributed by atoms with E-state index in [0.29, 0.717) is 0 Å². The highest BCUT2D eigenvalue weighted by molar-refractivity contribution is 8.01. The Morgan fingerprint density at radius 2 is 1.72 bits per heavy atom. The van der Waals surface area contributed by atoms with E-state index in [2.05, 4.69) is 36.2 Å². The molecule has 4 atom stereocenters. The summed E-state index contributed by atoms with van der Waals surface area (Å²) in [6, 6.07) is 8.48. The largest absolute Gasteiger partial charge is 0.478 e. The van der Waals surface area contributed by atoms with Crippen molar-refractivity contribution in [3.05, 3.63) is 47.5 Å². The Balaban J connectivity index is 2.34. The fourth-order valence-corrected chi connectivity index (χ4v) is 6.34. The van der Waals surface area contributed by atoms with Gasteiger partial charge in [-0.25, -0.2) is 4.79 Å². The van der Waals surface area contributed by atoms with Crippen molar-refractivity contribution in [2.45, 2.75) is 83.6 Å². The average Bonchev–Trinajstić information content (AvgIpc) is 3.02.